The summed E-state index contributed by atoms with van der Waals surface area (Å²) in [5.74, 6) is 0.465. The van der Waals surface area contributed by atoms with E-state index >= 15 is 0 Å². The molecule has 2 heterocycles. The molecule has 6 heteroatoms. The van der Waals surface area contributed by atoms with Crippen LogP contribution in [0.5, 0.6) is 0 Å². The summed E-state index contributed by atoms with van der Waals surface area (Å²) in [4.78, 5) is 4.44. The van der Waals surface area contributed by atoms with Crippen LogP contribution in [0.4, 0.5) is 0 Å². The quantitative estimate of drug-likeness (QED) is 0.676. The highest BCUT2D eigenvalue weighted by atomic mass is 32.2. The lowest BCUT2D eigenvalue weighted by molar-refractivity contribution is 0.256. The van der Waals surface area contributed by atoms with Crippen molar-refractivity contribution in [1.82, 2.24) is 13.9 Å². The normalized spacial score (nSPS) is 17.0. The molecule has 4 rings (SSSR count). The molecule has 2 aromatic carbocycles. The topological polar surface area (TPSA) is 55.2 Å². The Bertz CT molecular complexity index is 1030. The van der Waals surface area contributed by atoms with E-state index in [9.17, 15) is 8.42 Å². The minimum Gasteiger partial charge on any atom is -0.330 e. The van der Waals surface area contributed by atoms with Crippen molar-refractivity contribution >= 4 is 27.1 Å². The summed E-state index contributed by atoms with van der Waals surface area (Å²) in [6, 6.07) is 17.6. The van der Waals surface area contributed by atoms with E-state index in [0.29, 0.717) is 19.0 Å². The molecule has 1 saturated heterocycles. The molecule has 0 saturated carbocycles. The molecule has 0 bridgehead atoms. The molecule has 0 N–H and O–H groups in total. The molecule has 0 atom stereocenters. The second-order valence-corrected chi connectivity index (χ2v) is 8.80. The van der Waals surface area contributed by atoms with Gasteiger partial charge >= 0.3 is 0 Å². The number of aromatic nitrogens is 2. The maximum absolute atomic E-state index is 12.6. The standard InChI is InChI=1S/C21H23N3O2S/c25-27(26,15-12-18-6-2-1-3-7-18)24-13-10-19(11-14-24)16-23-17-22-20-8-4-5-9-21(20)23/h1-9,12,15,17,19H,10-11,13-14,16H2/b15-12+. The molecule has 5 nitrogen and oxygen atoms in total. The third kappa shape index (κ3) is 4.12. The van der Waals surface area contributed by atoms with E-state index in [1.807, 2.05) is 54.9 Å². The van der Waals surface area contributed by atoms with E-state index in [0.717, 1.165) is 36.0 Å². The summed E-state index contributed by atoms with van der Waals surface area (Å²) in [6.45, 7) is 2.02. The monoisotopic (exact) mass is 381 g/mol. The molecule has 1 aliphatic heterocycles. The van der Waals surface area contributed by atoms with Crippen molar-refractivity contribution < 1.29 is 8.42 Å². The van der Waals surface area contributed by atoms with Crippen LogP contribution in [0.15, 0.2) is 66.3 Å². The van der Waals surface area contributed by atoms with E-state index in [1.165, 1.54) is 5.41 Å². The van der Waals surface area contributed by atoms with Crippen molar-refractivity contribution in [2.24, 2.45) is 5.92 Å². The van der Waals surface area contributed by atoms with Gasteiger partial charge in [0.1, 0.15) is 0 Å². The molecule has 1 aliphatic rings. The predicted octanol–water partition coefficient (Wildman–Crippen LogP) is 3.75. The molecular formula is C21H23N3O2S. The van der Waals surface area contributed by atoms with Gasteiger partial charge in [0, 0.05) is 25.0 Å². The summed E-state index contributed by atoms with van der Waals surface area (Å²) >= 11 is 0. The van der Waals surface area contributed by atoms with Crippen LogP contribution in [0.2, 0.25) is 0 Å². The van der Waals surface area contributed by atoms with Gasteiger partial charge in [0.15, 0.2) is 0 Å². The first-order valence-electron chi connectivity index (χ1n) is 9.25. The van der Waals surface area contributed by atoms with E-state index in [4.69, 9.17) is 0 Å². The van der Waals surface area contributed by atoms with Crippen LogP contribution < -0.4 is 0 Å². The largest absolute Gasteiger partial charge is 0.330 e. The van der Waals surface area contributed by atoms with E-state index in [2.05, 4.69) is 15.6 Å². The number of imidazole rings is 1. The van der Waals surface area contributed by atoms with Crippen molar-refractivity contribution in [3.05, 3.63) is 71.9 Å². The summed E-state index contributed by atoms with van der Waals surface area (Å²) < 4.78 is 28.9. The zero-order valence-electron chi connectivity index (χ0n) is 15.1. The maximum Gasteiger partial charge on any atom is 0.236 e. The highest BCUT2D eigenvalue weighted by molar-refractivity contribution is 7.92. The van der Waals surface area contributed by atoms with Gasteiger partial charge in [-0.05, 0) is 42.5 Å². The molecule has 0 spiro atoms. The van der Waals surface area contributed by atoms with Gasteiger partial charge in [-0.15, -0.1) is 0 Å². The fraction of sp³-hybridized carbons (Fsp3) is 0.286. The zero-order chi connectivity index (χ0) is 18.7. The van der Waals surface area contributed by atoms with Gasteiger partial charge in [-0.3, -0.25) is 0 Å². The van der Waals surface area contributed by atoms with Crippen molar-refractivity contribution in [2.45, 2.75) is 19.4 Å². The Morgan fingerprint density at radius 2 is 1.70 bits per heavy atom. The van der Waals surface area contributed by atoms with E-state index < -0.39 is 10.0 Å². The Balaban J connectivity index is 1.37. The van der Waals surface area contributed by atoms with Crippen LogP contribution in [-0.2, 0) is 16.6 Å². The predicted molar refractivity (Wildman–Crippen MR) is 108 cm³/mol. The number of fused-ring (bicyclic) bond motifs is 1. The molecule has 0 radical (unpaired) electrons. The fourth-order valence-electron chi connectivity index (χ4n) is 3.60. The SMILES string of the molecule is O=S(=O)(/C=C/c1ccccc1)N1CCC(Cn2cnc3ccccc32)CC1. The van der Waals surface area contributed by atoms with Gasteiger partial charge in [0.2, 0.25) is 10.0 Å². The number of sulfonamides is 1. The molecule has 0 aliphatic carbocycles. The summed E-state index contributed by atoms with van der Waals surface area (Å²) in [5, 5.41) is 1.33. The Morgan fingerprint density at radius 3 is 2.48 bits per heavy atom. The highest BCUT2D eigenvalue weighted by Crippen LogP contribution is 2.24. The minimum atomic E-state index is -3.37. The lowest BCUT2D eigenvalue weighted by atomic mass is 9.98. The lowest BCUT2D eigenvalue weighted by Gasteiger charge is -2.30. The van der Waals surface area contributed by atoms with Crippen molar-refractivity contribution in [1.29, 1.82) is 0 Å². The number of nitrogens with zero attached hydrogens (tertiary/aromatic N) is 3. The average Bonchev–Trinajstić information content (AvgIpc) is 3.11. The molecule has 0 unspecified atom stereocenters. The lowest BCUT2D eigenvalue weighted by Crippen LogP contribution is -2.38. The Labute approximate surface area is 160 Å². The smallest absolute Gasteiger partial charge is 0.236 e. The third-order valence-electron chi connectivity index (χ3n) is 5.15. The zero-order valence-corrected chi connectivity index (χ0v) is 15.9. The van der Waals surface area contributed by atoms with Gasteiger partial charge in [0.05, 0.1) is 17.4 Å². The number of hydrogen-bond acceptors (Lipinski definition) is 3. The van der Waals surface area contributed by atoms with Crippen LogP contribution >= 0.6 is 0 Å². The number of rotatable bonds is 5. The first-order valence-corrected chi connectivity index (χ1v) is 10.8. The van der Waals surface area contributed by atoms with Gasteiger partial charge in [-0.1, -0.05) is 42.5 Å². The molecule has 1 aromatic heterocycles. The number of para-hydroxylation sites is 2. The minimum absolute atomic E-state index is 0.465. The molecular weight excluding hydrogens is 358 g/mol. The number of piperidine rings is 1. The third-order valence-corrected chi connectivity index (χ3v) is 6.71. The first kappa shape index (κ1) is 17.9. The first-order chi connectivity index (χ1) is 13.1. The molecule has 140 valence electrons. The summed E-state index contributed by atoms with van der Waals surface area (Å²) in [7, 11) is -3.37. The summed E-state index contributed by atoms with van der Waals surface area (Å²) in [5.41, 5.74) is 3.03. The van der Waals surface area contributed by atoms with E-state index in [1.54, 1.807) is 10.4 Å². The van der Waals surface area contributed by atoms with Gasteiger partial charge in [0.25, 0.3) is 0 Å². The van der Waals surface area contributed by atoms with E-state index in [-0.39, 0.29) is 0 Å². The van der Waals surface area contributed by atoms with Crippen LogP contribution in [-0.4, -0.2) is 35.4 Å². The molecule has 3 aromatic rings. The second kappa shape index (κ2) is 7.66. The Kier molecular flexibility index (Phi) is 5.09. The average molecular weight is 382 g/mol. The fourth-order valence-corrected chi connectivity index (χ4v) is 4.82. The van der Waals surface area contributed by atoms with Gasteiger partial charge in [-0.2, -0.15) is 4.31 Å². The van der Waals surface area contributed by atoms with Gasteiger partial charge in [-0.25, -0.2) is 13.4 Å². The summed E-state index contributed by atoms with van der Waals surface area (Å²) in [6.07, 6.45) is 5.28. The van der Waals surface area contributed by atoms with Crippen molar-refractivity contribution in [2.75, 3.05) is 13.1 Å². The van der Waals surface area contributed by atoms with Crippen LogP contribution in [0.3, 0.4) is 0 Å². The van der Waals surface area contributed by atoms with Crippen LogP contribution in [0, 0.1) is 5.92 Å². The molecule has 27 heavy (non-hydrogen) atoms. The second-order valence-electron chi connectivity index (χ2n) is 6.99. The van der Waals surface area contributed by atoms with Crippen molar-refractivity contribution in [3.63, 3.8) is 0 Å². The number of hydrogen-bond donors (Lipinski definition) is 0. The van der Waals surface area contributed by atoms with Gasteiger partial charge < -0.3 is 4.57 Å². The Morgan fingerprint density at radius 1 is 1.00 bits per heavy atom. The highest BCUT2D eigenvalue weighted by Gasteiger charge is 2.26. The number of benzene rings is 2. The van der Waals surface area contributed by atoms with Crippen molar-refractivity contribution in [3.8, 4) is 0 Å². The van der Waals surface area contributed by atoms with Crippen LogP contribution in [0.25, 0.3) is 17.1 Å². The van der Waals surface area contributed by atoms with Crippen LogP contribution in [0.1, 0.15) is 18.4 Å². The molecule has 1 fully saturated rings. The maximum atomic E-state index is 12.6. The molecule has 0 amide bonds. The Hall–Kier alpha value is -2.44.